The first-order valence-electron chi connectivity index (χ1n) is 14.8. The van der Waals surface area contributed by atoms with Gasteiger partial charge in [0.25, 0.3) is 0 Å². The fourth-order valence-corrected chi connectivity index (χ4v) is 5.74. The first-order valence-corrected chi connectivity index (χ1v) is 14.8. The van der Waals surface area contributed by atoms with Gasteiger partial charge in [-0.2, -0.15) is 0 Å². The van der Waals surface area contributed by atoms with Crippen molar-refractivity contribution >= 4 is 35.1 Å². The van der Waals surface area contributed by atoms with Crippen LogP contribution in [0.1, 0.15) is 24.0 Å². The smallest absolute Gasteiger partial charge is 0.170 e. The monoisotopic (exact) mass is 597 g/mol. The molecule has 0 bridgehead atoms. The second kappa shape index (κ2) is 13.9. The number of imidazole rings is 1. The van der Waals surface area contributed by atoms with Gasteiger partial charge in [0.15, 0.2) is 17.0 Å². The molecule has 1 N–H and O–H groups in total. The van der Waals surface area contributed by atoms with Crippen molar-refractivity contribution < 1.29 is 4.74 Å². The predicted octanol–water partition coefficient (Wildman–Crippen LogP) is 6.54. The summed E-state index contributed by atoms with van der Waals surface area (Å²) in [6.45, 7) is 10.8. The number of hydrogen-bond donors (Lipinski definition) is 1. The van der Waals surface area contributed by atoms with Crippen molar-refractivity contribution in [1.82, 2.24) is 24.4 Å². The zero-order valence-corrected chi connectivity index (χ0v) is 26.0. The molecule has 5 aromatic rings. The van der Waals surface area contributed by atoms with E-state index in [1.165, 1.54) is 16.8 Å². The van der Waals surface area contributed by atoms with Crippen molar-refractivity contribution in [3.8, 4) is 22.8 Å². The molecule has 1 fully saturated rings. The lowest BCUT2D eigenvalue weighted by molar-refractivity contribution is 0.253. The molecule has 0 aliphatic carbocycles. The molecule has 0 amide bonds. The fraction of sp³-hybridized carbons (Fsp3) is 0.324. The lowest BCUT2D eigenvalue weighted by atomic mass is 10.1. The molecular formula is C34H40ClN7O. The quantitative estimate of drug-likeness (QED) is 0.183. The summed E-state index contributed by atoms with van der Waals surface area (Å²) in [6, 6.07) is 24.8. The summed E-state index contributed by atoms with van der Waals surface area (Å²) in [7, 11) is 1.68. The largest absolute Gasteiger partial charge is 0.497 e. The van der Waals surface area contributed by atoms with Gasteiger partial charge in [-0.3, -0.25) is 9.47 Å². The molecular weight excluding hydrogens is 558 g/mol. The van der Waals surface area contributed by atoms with Gasteiger partial charge < -0.3 is 15.0 Å². The number of piperazine rings is 1. The summed E-state index contributed by atoms with van der Waals surface area (Å²) >= 11 is 0. The van der Waals surface area contributed by atoms with Crippen molar-refractivity contribution in [2.45, 2.75) is 26.7 Å². The van der Waals surface area contributed by atoms with Gasteiger partial charge in [0.05, 0.1) is 7.11 Å². The third-order valence-corrected chi connectivity index (χ3v) is 8.29. The van der Waals surface area contributed by atoms with Crippen molar-refractivity contribution in [3.05, 3.63) is 90.3 Å². The number of nitrogens with one attached hydrogen (secondary N) is 1. The maximum absolute atomic E-state index is 5.38. The van der Waals surface area contributed by atoms with Crippen LogP contribution in [0.3, 0.4) is 0 Å². The maximum Gasteiger partial charge on any atom is 0.170 e. The van der Waals surface area contributed by atoms with E-state index < -0.39 is 0 Å². The summed E-state index contributed by atoms with van der Waals surface area (Å²) in [5.74, 6) is 2.41. The number of anilines is 2. The molecule has 0 saturated carbocycles. The molecule has 0 radical (unpaired) electrons. The average Bonchev–Trinajstić information content (AvgIpc) is 3.43. The fourth-order valence-electron chi connectivity index (χ4n) is 5.74. The van der Waals surface area contributed by atoms with Gasteiger partial charge >= 0.3 is 0 Å². The number of methoxy groups -OCH3 is 1. The summed E-state index contributed by atoms with van der Waals surface area (Å²) in [6.07, 6.45) is 3.82. The highest BCUT2D eigenvalue weighted by Crippen LogP contribution is 2.31. The molecule has 0 atom stereocenters. The van der Waals surface area contributed by atoms with Crippen LogP contribution in [0.2, 0.25) is 0 Å². The van der Waals surface area contributed by atoms with E-state index >= 15 is 0 Å². The zero-order chi connectivity index (χ0) is 28.9. The maximum atomic E-state index is 5.38. The van der Waals surface area contributed by atoms with Crippen molar-refractivity contribution in [2.24, 2.45) is 0 Å². The van der Waals surface area contributed by atoms with Crippen LogP contribution in [-0.2, 0) is 0 Å². The standard InChI is InChI=1S/C34H39N7O.ClH/c1-25-10-9-13-30(26(25)2)40-22-20-39(21-23-40)19-8-7-18-35-32-31-34(37-24-36-32)41(28-14-16-29(42-3)17-15-28)33(38-31)27-11-5-4-6-12-27;/h4-6,9-17,24H,7-8,18-23H2,1-3H3,(H,35,36,37);1H. The highest BCUT2D eigenvalue weighted by atomic mass is 35.5. The van der Waals surface area contributed by atoms with Gasteiger partial charge in [0.1, 0.15) is 17.9 Å². The lowest BCUT2D eigenvalue weighted by Gasteiger charge is -2.37. The predicted molar refractivity (Wildman–Crippen MR) is 178 cm³/mol. The number of ether oxygens (including phenoxy) is 1. The van der Waals surface area contributed by atoms with Gasteiger partial charge in [-0.15, -0.1) is 12.4 Å². The van der Waals surface area contributed by atoms with E-state index in [4.69, 9.17) is 9.72 Å². The SMILES string of the molecule is COc1ccc(-n2c(-c3ccccc3)nc3c(NCCCCN4CCN(c5cccc(C)c5C)CC4)ncnc32)cc1.Cl. The molecule has 3 aromatic carbocycles. The Balaban J connectivity index is 0.00000368. The highest BCUT2D eigenvalue weighted by molar-refractivity contribution is 5.88. The van der Waals surface area contributed by atoms with E-state index in [2.05, 4.69) is 73.8 Å². The number of halogens is 1. The van der Waals surface area contributed by atoms with Crippen molar-refractivity contribution in [3.63, 3.8) is 0 Å². The Morgan fingerprint density at radius 1 is 0.837 bits per heavy atom. The molecule has 1 aliphatic heterocycles. The van der Waals surface area contributed by atoms with Crippen LogP contribution in [0.5, 0.6) is 5.75 Å². The van der Waals surface area contributed by atoms with Gasteiger partial charge in [0, 0.05) is 49.7 Å². The Hall–Kier alpha value is -4.14. The van der Waals surface area contributed by atoms with E-state index in [-0.39, 0.29) is 12.4 Å². The van der Waals surface area contributed by atoms with Crippen LogP contribution in [0, 0.1) is 13.8 Å². The molecule has 2 aromatic heterocycles. The summed E-state index contributed by atoms with van der Waals surface area (Å²) in [5, 5.41) is 3.55. The number of aromatic nitrogens is 4. The van der Waals surface area contributed by atoms with Crippen LogP contribution in [0.15, 0.2) is 79.1 Å². The molecule has 224 valence electrons. The third kappa shape index (κ3) is 6.60. The Morgan fingerprint density at radius 2 is 1.60 bits per heavy atom. The summed E-state index contributed by atoms with van der Waals surface area (Å²) in [5.41, 5.74) is 7.70. The van der Waals surface area contributed by atoms with Crippen LogP contribution >= 0.6 is 12.4 Å². The first kappa shape index (κ1) is 30.3. The number of rotatable bonds is 10. The Labute approximate surface area is 260 Å². The molecule has 0 spiro atoms. The minimum atomic E-state index is 0. The van der Waals surface area contributed by atoms with E-state index in [1.807, 2.05) is 42.5 Å². The average molecular weight is 598 g/mol. The van der Waals surface area contributed by atoms with E-state index in [0.29, 0.717) is 0 Å². The minimum Gasteiger partial charge on any atom is -0.497 e. The topological polar surface area (TPSA) is 71.3 Å². The second-order valence-electron chi connectivity index (χ2n) is 10.9. The molecule has 1 aliphatic rings. The van der Waals surface area contributed by atoms with Gasteiger partial charge in [0.2, 0.25) is 0 Å². The summed E-state index contributed by atoms with van der Waals surface area (Å²) < 4.78 is 7.47. The lowest BCUT2D eigenvalue weighted by Crippen LogP contribution is -2.46. The van der Waals surface area contributed by atoms with Crippen molar-refractivity contribution in [1.29, 1.82) is 0 Å². The van der Waals surface area contributed by atoms with Gasteiger partial charge in [-0.05, 0) is 74.7 Å². The molecule has 8 nitrogen and oxygen atoms in total. The highest BCUT2D eigenvalue weighted by Gasteiger charge is 2.20. The number of fused-ring (bicyclic) bond motifs is 1. The number of unbranched alkanes of at least 4 members (excludes halogenated alkanes) is 1. The Bertz CT molecular complexity index is 1630. The second-order valence-corrected chi connectivity index (χ2v) is 10.9. The molecule has 1 saturated heterocycles. The normalized spacial score (nSPS) is 13.6. The Kier molecular flexibility index (Phi) is 9.79. The van der Waals surface area contributed by atoms with Crippen LogP contribution < -0.4 is 15.0 Å². The van der Waals surface area contributed by atoms with Crippen LogP contribution in [0.25, 0.3) is 28.2 Å². The van der Waals surface area contributed by atoms with E-state index in [9.17, 15) is 0 Å². The van der Waals surface area contributed by atoms with Crippen molar-refractivity contribution in [2.75, 3.05) is 56.6 Å². The summed E-state index contributed by atoms with van der Waals surface area (Å²) in [4.78, 5) is 19.4. The Morgan fingerprint density at radius 3 is 2.35 bits per heavy atom. The van der Waals surface area contributed by atoms with Crippen LogP contribution in [0.4, 0.5) is 11.5 Å². The van der Waals surface area contributed by atoms with Gasteiger partial charge in [-0.1, -0.05) is 42.5 Å². The molecule has 43 heavy (non-hydrogen) atoms. The molecule has 0 unspecified atom stereocenters. The third-order valence-electron chi connectivity index (χ3n) is 8.29. The molecule has 3 heterocycles. The first-order chi connectivity index (χ1) is 20.6. The number of benzene rings is 3. The number of hydrogen-bond acceptors (Lipinski definition) is 7. The van der Waals surface area contributed by atoms with Crippen LogP contribution in [-0.4, -0.2) is 70.8 Å². The van der Waals surface area contributed by atoms with Gasteiger partial charge in [-0.25, -0.2) is 15.0 Å². The number of aryl methyl sites for hydroxylation is 1. The number of nitrogens with zero attached hydrogens (tertiary/aromatic N) is 6. The zero-order valence-electron chi connectivity index (χ0n) is 25.2. The minimum absolute atomic E-state index is 0. The van der Waals surface area contributed by atoms with E-state index in [0.717, 1.165) is 91.9 Å². The van der Waals surface area contributed by atoms with E-state index in [1.54, 1.807) is 13.4 Å². The molecule has 9 heteroatoms. The molecule has 6 rings (SSSR count).